The number of hydrogen-bond donors (Lipinski definition) is 1. The van der Waals surface area contributed by atoms with Crippen LogP contribution in [0.15, 0.2) is 11.6 Å². The quantitative estimate of drug-likeness (QED) is 0.641. The van der Waals surface area contributed by atoms with Crippen LogP contribution in [-0.2, 0) is 4.74 Å². The highest BCUT2D eigenvalue weighted by atomic mass is 16.5. The normalized spacial score (nSPS) is 29.9. The van der Waals surface area contributed by atoms with Crippen LogP contribution in [0, 0.1) is 0 Å². The summed E-state index contributed by atoms with van der Waals surface area (Å²) in [5.41, 5.74) is 1.29. The Morgan fingerprint density at radius 3 is 2.92 bits per heavy atom. The van der Waals surface area contributed by atoms with Crippen molar-refractivity contribution in [1.29, 1.82) is 0 Å². The molecule has 2 heteroatoms. The molecule has 2 nitrogen and oxygen atoms in total. The van der Waals surface area contributed by atoms with Crippen LogP contribution in [0.1, 0.15) is 33.1 Å². The van der Waals surface area contributed by atoms with Crippen LogP contribution in [-0.4, -0.2) is 23.9 Å². The van der Waals surface area contributed by atoms with E-state index in [9.17, 15) is 5.11 Å². The molecule has 1 fully saturated rings. The van der Waals surface area contributed by atoms with Gasteiger partial charge in [0.2, 0.25) is 0 Å². The highest BCUT2D eigenvalue weighted by Crippen LogP contribution is 2.17. The van der Waals surface area contributed by atoms with Crippen molar-refractivity contribution in [3.8, 4) is 0 Å². The van der Waals surface area contributed by atoms with Crippen molar-refractivity contribution in [1.82, 2.24) is 0 Å². The summed E-state index contributed by atoms with van der Waals surface area (Å²) in [7, 11) is 0. The van der Waals surface area contributed by atoms with Crippen LogP contribution in [0.2, 0.25) is 0 Å². The minimum atomic E-state index is -0.255. The van der Waals surface area contributed by atoms with Crippen LogP contribution < -0.4 is 0 Å². The molecule has 1 saturated heterocycles. The maximum atomic E-state index is 9.53. The van der Waals surface area contributed by atoms with Crippen LogP contribution in [0.5, 0.6) is 0 Å². The maximum absolute atomic E-state index is 9.53. The smallest absolute Gasteiger partial charge is 0.0868 e. The van der Waals surface area contributed by atoms with Crippen molar-refractivity contribution in [2.75, 3.05) is 6.61 Å². The Bertz CT molecular complexity index is 159. The summed E-state index contributed by atoms with van der Waals surface area (Å²) in [5, 5.41) is 9.53. The van der Waals surface area contributed by atoms with Crippen LogP contribution in [0.3, 0.4) is 0 Å². The zero-order valence-corrected chi connectivity index (χ0v) is 7.92. The first-order chi connectivity index (χ1) is 5.70. The highest BCUT2D eigenvalue weighted by Gasteiger charge is 2.22. The van der Waals surface area contributed by atoms with E-state index in [1.54, 1.807) is 0 Å². The van der Waals surface area contributed by atoms with Gasteiger partial charge >= 0.3 is 0 Å². The van der Waals surface area contributed by atoms with E-state index in [-0.39, 0.29) is 12.2 Å². The lowest BCUT2D eigenvalue weighted by molar-refractivity contribution is -0.0714. The average molecular weight is 170 g/mol. The van der Waals surface area contributed by atoms with Crippen LogP contribution in [0.4, 0.5) is 0 Å². The molecule has 1 aliphatic rings. The van der Waals surface area contributed by atoms with Crippen LogP contribution >= 0.6 is 0 Å². The predicted molar refractivity (Wildman–Crippen MR) is 49.0 cm³/mol. The Hall–Kier alpha value is -0.340. The second kappa shape index (κ2) is 4.63. The maximum Gasteiger partial charge on any atom is 0.0868 e. The molecule has 0 radical (unpaired) electrons. The summed E-state index contributed by atoms with van der Waals surface area (Å²) in [6.45, 7) is 4.93. The standard InChI is InChI=1S/C10H18O2/c1-8(2)5-6-10-9(11)4-3-7-12-10/h5,9-11H,3-4,6-7H2,1-2H3/t9-,10+/m1/s1. The molecule has 12 heavy (non-hydrogen) atoms. The van der Waals surface area contributed by atoms with Gasteiger partial charge < -0.3 is 9.84 Å². The van der Waals surface area contributed by atoms with Crippen molar-refractivity contribution < 1.29 is 9.84 Å². The summed E-state index contributed by atoms with van der Waals surface area (Å²) in [6, 6.07) is 0. The molecular formula is C10H18O2. The number of aliphatic hydroxyl groups excluding tert-OH is 1. The zero-order chi connectivity index (χ0) is 8.97. The lowest BCUT2D eigenvalue weighted by Crippen LogP contribution is -2.33. The Morgan fingerprint density at radius 1 is 1.58 bits per heavy atom. The number of rotatable bonds is 2. The van der Waals surface area contributed by atoms with E-state index in [1.165, 1.54) is 5.57 Å². The first-order valence-electron chi connectivity index (χ1n) is 4.63. The van der Waals surface area contributed by atoms with E-state index in [4.69, 9.17) is 4.74 Å². The van der Waals surface area contributed by atoms with Gasteiger partial charge in [-0.1, -0.05) is 11.6 Å². The van der Waals surface area contributed by atoms with Crippen LogP contribution in [0.25, 0.3) is 0 Å². The van der Waals surface area contributed by atoms with E-state index in [2.05, 4.69) is 19.9 Å². The molecule has 0 aliphatic carbocycles. The second-order valence-corrected chi connectivity index (χ2v) is 3.64. The highest BCUT2D eigenvalue weighted by molar-refractivity contribution is 4.95. The Balaban J connectivity index is 2.34. The van der Waals surface area contributed by atoms with Gasteiger partial charge in [-0.2, -0.15) is 0 Å². The first-order valence-corrected chi connectivity index (χ1v) is 4.63. The van der Waals surface area contributed by atoms with Crippen molar-refractivity contribution in [2.45, 2.75) is 45.3 Å². The van der Waals surface area contributed by atoms with Gasteiger partial charge in [0, 0.05) is 6.61 Å². The van der Waals surface area contributed by atoms with E-state index >= 15 is 0 Å². The second-order valence-electron chi connectivity index (χ2n) is 3.64. The summed E-state index contributed by atoms with van der Waals surface area (Å²) in [5.74, 6) is 0. The minimum Gasteiger partial charge on any atom is -0.390 e. The molecule has 2 atom stereocenters. The molecule has 0 aromatic carbocycles. The van der Waals surface area contributed by atoms with Gasteiger partial charge in [-0.05, 0) is 33.1 Å². The molecule has 0 aromatic heterocycles. The predicted octanol–water partition coefficient (Wildman–Crippen LogP) is 1.88. The van der Waals surface area contributed by atoms with Gasteiger partial charge in [0.1, 0.15) is 0 Å². The topological polar surface area (TPSA) is 29.5 Å². The Kier molecular flexibility index (Phi) is 3.76. The zero-order valence-electron chi connectivity index (χ0n) is 7.92. The number of aliphatic hydroxyl groups is 1. The third-order valence-electron chi connectivity index (χ3n) is 2.16. The van der Waals surface area contributed by atoms with E-state index < -0.39 is 0 Å². The molecule has 1 N–H and O–H groups in total. The van der Waals surface area contributed by atoms with Crippen molar-refractivity contribution in [3.05, 3.63) is 11.6 Å². The largest absolute Gasteiger partial charge is 0.390 e. The fourth-order valence-electron chi connectivity index (χ4n) is 1.40. The summed E-state index contributed by atoms with van der Waals surface area (Å²) < 4.78 is 5.45. The monoisotopic (exact) mass is 170 g/mol. The third-order valence-corrected chi connectivity index (χ3v) is 2.16. The van der Waals surface area contributed by atoms with Gasteiger partial charge in [-0.3, -0.25) is 0 Å². The van der Waals surface area contributed by atoms with Gasteiger partial charge in [-0.25, -0.2) is 0 Å². The molecule has 0 bridgehead atoms. The molecule has 0 spiro atoms. The fourth-order valence-corrected chi connectivity index (χ4v) is 1.40. The molecule has 1 rings (SSSR count). The molecule has 0 unspecified atom stereocenters. The van der Waals surface area contributed by atoms with E-state index in [1.807, 2.05) is 0 Å². The van der Waals surface area contributed by atoms with Gasteiger partial charge in [0.15, 0.2) is 0 Å². The molecule has 0 aromatic rings. The number of hydrogen-bond acceptors (Lipinski definition) is 2. The molecule has 0 amide bonds. The molecule has 1 aliphatic heterocycles. The fraction of sp³-hybridized carbons (Fsp3) is 0.800. The molecule has 1 heterocycles. The lowest BCUT2D eigenvalue weighted by Gasteiger charge is -2.27. The Labute approximate surface area is 74.2 Å². The number of ether oxygens (including phenoxy) is 1. The summed E-state index contributed by atoms with van der Waals surface area (Å²) in [6.07, 6.45) is 4.64. The van der Waals surface area contributed by atoms with Crippen molar-refractivity contribution >= 4 is 0 Å². The van der Waals surface area contributed by atoms with Crippen molar-refractivity contribution in [2.24, 2.45) is 0 Å². The summed E-state index contributed by atoms with van der Waals surface area (Å²) >= 11 is 0. The van der Waals surface area contributed by atoms with E-state index in [0.717, 1.165) is 25.9 Å². The minimum absolute atomic E-state index is 0.0358. The molecule has 70 valence electrons. The van der Waals surface area contributed by atoms with Gasteiger partial charge in [0.25, 0.3) is 0 Å². The molecule has 0 saturated carbocycles. The Morgan fingerprint density at radius 2 is 2.33 bits per heavy atom. The average Bonchev–Trinajstić information content (AvgIpc) is 2.03. The third kappa shape index (κ3) is 2.95. The number of allylic oxidation sites excluding steroid dienone is 1. The lowest BCUT2D eigenvalue weighted by atomic mass is 10.0. The van der Waals surface area contributed by atoms with Gasteiger partial charge in [-0.15, -0.1) is 0 Å². The summed E-state index contributed by atoms with van der Waals surface area (Å²) in [4.78, 5) is 0. The van der Waals surface area contributed by atoms with E-state index in [0.29, 0.717) is 0 Å². The SMILES string of the molecule is CC(C)=CC[C@@H]1OCCC[C@H]1O. The van der Waals surface area contributed by atoms with Crippen molar-refractivity contribution in [3.63, 3.8) is 0 Å². The molecular weight excluding hydrogens is 152 g/mol. The van der Waals surface area contributed by atoms with Gasteiger partial charge in [0.05, 0.1) is 12.2 Å². The first kappa shape index (κ1) is 9.75.